The van der Waals surface area contributed by atoms with Crippen LogP contribution in [0.3, 0.4) is 0 Å². The second-order valence-electron chi connectivity index (χ2n) is 8.72. The number of carbonyl (C=O) groups is 2. The number of halogens is 2. The molecule has 4 aromatic rings. The van der Waals surface area contributed by atoms with Crippen molar-refractivity contribution in [1.82, 2.24) is 0 Å². The second kappa shape index (κ2) is 7.56. The van der Waals surface area contributed by atoms with Gasteiger partial charge in [-0.15, -0.1) is 0 Å². The summed E-state index contributed by atoms with van der Waals surface area (Å²) in [5.41, 5.74) is 1.28. The van der Waals surface area contributed by atoms with Crippen molar-refractivity contribution in [2.24, 2.45) is 5.92 Å². The van der Waals surface area contributed by atoms with Gasteiger partial charge in [-0.05, 0) is 34.9 Å². The first-order chi connectivity index (χ1) is 16.5. The number of fused-ring (bicyclic) bond motifs is 1. The lowest BCUT2D eigenvalue weighted by atomic mass is 9.76. The number of hydrogen-bond acceptors (Lipinski definition) is 2. The van der Waals surface area contributed by atoms with Gasteiger partial charge in [0.25, 0.3) is 0 Å². The van der Waals surface area contributed by atoms with Crippen molar-refractivity contribution in [1.29, 1.82) is 0 Å². The average molecular weight is 484 g/mol. The van der Waals surface area contributed by atoms with Gasteiger partial charge in [-0.25, -0.2) is 4.90 Å². The van der Waals surface area contributed by atoms with Crippen LogP contribution in [0.15, 0.2) is 109 Å². The molecule has 2 unspecified atom stereocenters. The summed E-state index contributed by atoms with van der Waals surface area (Å²) < 4.78 is 0. The highest BCUT2D eigenvalue weighted by Gasteiger charge is 2.89. The number of carbonyl (C=O) groups excluding carboxylic acids is 2. The quantitative estimate of drug-likeness (QED) is 0.314. The lowest BCUT2D eigenvalue weighted by molar-refractivity contribution is -0.124. The van der Waals surface area contributed by atoms with E-state index in [0.29, 0.717) is 15.7 Å². The summed E-state index contributed by atoms with van der Waals surface area (Å²) >= 11 is 12.4. The van der Waals surface area contributed by atoms with E-state index >= 15 is 0 Å². The van der Waals surface area contributed by atoms with Gasteiger partial charge in [0.05, 0.1) is 27.1 Å². The monoisotopic (exact) mass is 483 g/mol. The predicted molar refractivity (Wildman–Crippen MR) is 134 cm³/mol. The van der Waals surface area contributed by atoms with Gasteiger partial charge in [0.2, 0.25) is 11.8 Å². The number of nitrogens with zero attached hydrogens (tertiary/aromatic N) is 1. The molecule has 3 nitrogen and oxygen atoms in total. The predicted octanol–water partition coefficient (Wildman–Crippen LogP) is 6.42. The van der Waals surface area contributed by atoms with Crippen LogP contribution < -0.4 is 4.90 Å². The number of imide groups is 1. The van der Waals surface area contributed by atoms with Gasteiger partial charge in [0.1, 0.15) is 5.41 Å². The van der Waals surface area contributed by atoms with Gasteiger partial charge in [-0.1, -0.05) is 114 Å². The standard InChI is InChI=1S/C29H19Cl2NO2/c30-23-17-16-22(18-24(23)31)32-26(33)25-28(19-10-4-1-5-11-19,20-12-6-2-7-13-20)29(25,27(32)34)21-14-8-3-9-15-21/h1-18,25H. The smallest absolute Gasteiger partial charge is 0.246 e. The molecule has 2 fully saturated rings. The fourth-order valence-electron chi connectivity index (χ4n) is 5.99. The van der Waals surface area contributed by atoms with Crippen LogP contribution in [-0.2, 0) is 20.4 Å². The lowest BCUT2D eigenvalue weighted by Crippen LogP contribution is -2.44. The van der Waals surface area contributed by atoms with Gasteiger partial charge in [-0.2, -0.15) is 0 Å². The Morgan fingerprint density at radius 1 is 0.588 bits per heavy atom. The molecule has 1 aliphatic carbocycles. The van der Waals surface area contributed by atoms with Crippen molar-refractivity contribution >= 4 is 40.7 Å². The maximum absolute atomic E-state index is 14.5. The molecule has 0 radical (unpaired) electrons. The Balaban J connectivity index is 1.64. The van der Waals surface area contributed by atoms with Gasteiger partial charge in [0, 0.05) is 0 Å². The Morgan fingerprint density at radius 3 is 1.53 bits per heavy atom. The fourth-order valence-corrected chi connectivity index (χ4v) is 6.28. The number of piperidine rings is 1. The molecule has 1 aliphatic heterocycles. The maximum atomic E-state index is 14.5. The summed E-state index contributed by atoms with van der Waals surface area (Å²) in [6.45, 7) is 0. The van der Waals surface area contributed by atoms with Gasteiger partial charge in [0.15, 0.2) is 0 Å². The van der Waals surface area contributed by atoms with Gasteiger partial charge in [-0.3, -0.25) is 9.59 Å². The third-order valence-corrected chi connectivity index (χ3v) is 8.00. The average Bonchev–Trinajstić information content (AvgIpc) is 3.47. The summed E-state index contributed by atoms with van der Waals surface area (Å²) in [6.07, 6.45) is 0. The summed E-state index contributed by atoms with van der Waals surface area (Å²) in [6, 6.07) is 34.3. The molecular formula is C29H19Cl2NO2. The molecule has 5 heteroatoms. The van der Waals surface area contributed by atoms with E-state index in [1.165, 1.54) is 4.90 Å². The zero-order chi connectivity index (χ0) is 23.5. The first-order valence-electron chi connectivity index (χ1n) is 11.0. The van der Waals surface area contributed by atoms with E-state index < -0.39 is 16.7 Å². The molecule has 34 heavy (non-hydrogen) atoms. The first-order valence-corrected chi connectivity index (χ1v) is 11.8. The van der Waals surface area contributed by atoms with E-state index in [-0.39, 0.29) is 11.8 Å². The highest BCUT2D eigenvalue weighted by molar-refractivity contribution is 6.42. The van der Waals surface area contributed by atoms with E-state index in [0.717, 1.165) is 16.7 Å². The first kappa shape index (κ1) is 21.2. The Hall–Kier alpha value is -3.40. The number of hydrogen-bond donors (Lipinski definition) is 0. The van der Waals surface area contributed by atoms with Crippen LogP contribution >= 0.6 is 23.2 Å². The molecule has 0 aromatic heterocycles. The topological polar surface area (TPSA) is 37.4 Å². The molecule has 1 saturated carbocycles. The minimum absolute atomic E-state index is 0.236. The number of amides is 2. The van der Waals surface area contributed by atoms with Crippen molar-refractivity contribution in [2.45, 2.75) is 10.8 Å². The molecule has 6 rings (SSSR count). The number of benzene rings is 4. The van der Waals surface area contributed by atoms with Crippen LogP contribution in [-0.4, -0.2) is 11.8 Å². The summed E-state index contributed by atoms with van der Waals surface area (Å²) in [7, 11) is 0. The zero-order valence-electron chi connectivity index (χ0n) is 18.0. The largest absolute Gasteiger partial charge is 0.274 e. The molecule has 1 saturated heterocycles. The molecule has 0 bridgehead atoms. The van der Waals surface area contributed by atoms with E-state index in [4.69, 9.17) is 23.2 Å². The Bertz CT molecular complexity index is 1380. The minimum Gasteiger partial charge on any atom is -0.274 e. The maximum Gasteiger partial charge on any atom is 0.246 e. The zero-order valence-corrected chi connectivity index (χ0v) is 19.5. The van der Waals surface area contributed by atoms with E-state index in [1.807, 2.05) is 91.0 Å². The molecule has 2 aliphatic rings. The Labute approximate surface area is 207 Å². The molecular weight excluding hydrogens is 465 g/mol. The summed E-state index contributed by atoms with van der Waals surface area (Å²) in [5, 5.41) is 0.668. The molecule has 4 aromatic carbocycles. The van der Waals surface area contributed by atoms with Crippen LogP contribution in [0.25, 0.3) is 0 Å². The highest BCUT2D eigenvalue weighted by Crippen LogP contribution is 2.77. The third kappa shape index (κ3) is 2.54. The lowest BCUT2D eigenvalue weighted by Gasteiger charge is -2.31. The van der Waals surface area contributed by atoms with Crippen LogP contribution in [0.4, 0.5) is 5.69 Å². The normalized spacial score (nSPS) is 22.5. The molecule has 0 spiro atoms. The molecule has 166 valence electrons. The minimum atomic E-state index is -1.07. The Kier molecular flexibility index (Phi) is 4.70. The van der Waals surface area contributed by atoms with Crippen LogP contribution in [0.2, 0.25) is 10.0 Å². The second-order valence-corrected chi connectivity index (χ2v) is 9.54. The third-order valence-electron chi connectivity index (χ3n) is 7.26. The van der Waals surface area contributed by atoms with Gasteiger partial charge < -0.3 is 0 Å². The SMILES string of the molecule is O=C1C2C(c3ccccc3)(C(=O)N1c1ccc(Cl)c(Cl)c1)C2(c1ccccc1)c1ccccc1. The van der Waals surface area contributed by atoms with Crippen LogP contribution in [0.1, 0.15) is 16.7 Å². The van der Waals surface area contributed by atoms with Crippen molar-refractivity contribution < 1.29 is 9.59 Å². The fraction of sp³-hybridized carbons (Fsp3) is 0.103. The summed E-state index contributed by atoms with van der Waals surface area (Å²) in [5.74, 6) is -1.08. The number of rotatable bonds is 4. The van der Waals surface area contributed by atoms with Crippen molar-refractivity contribution in [2.75, 3.05) is 4.90 Å². The molecule has 2 amide bonds. The highest BCUT2D eigenvalue weighted by atomic mass is 35.5. The van der Waals surface area contributed by atoms with E-state index in [1.54, 1.807) is 18.2 Å². The van der Waals surface area contributed by atoms with E-state index in [2.05, 4.69) is 0 Å². The van der Waals surface area contributed by atoms with E-state index in [9.17, 15) is 9.59 Å². The van der Waals surface area contributed by atoms with Crippen molar-refractivity contribution in [3.63, 3.8) is 0 Å². The number of anilines is 1. The van der Waals surface area contributed by atoms with Gasteiger partial charge >= 0.3 is 0 Å². The van der Waals surface area contributed by atoms with Crippen molar-refractivity contribution in [3.8, 4) is 0 Å². The van der Waals surface area contributed by atoms with Crippen LogP contribution in [0.5, 0.6) is 0 Å². The molecule has 0 N–H and O–H groups in total. The van der Waals surface area contributed by atoms with Crippen LogP contribution in [0, 0.1) is 5.92 Å². The van der Waals surface area contributed by atoms with Crippen molar-refractivity contribution in [3.05, 3.63) is 136 Å². The molecule has 2 atom stereocenters. The Morgan fingerprint density at radius 2 is 1.06 bits per heavy atom. The summed E-state index contributed by atoms with van der Waals surface area (Å²) in [4.78, 5) is 29.9. The molecule has 1 heterocycles.